The second kappa shape index (κ2) is 8.39. The topological polar surface area (TPSA) is 92.0 Å². The van der Waals surface area contributed by atoms with Gasteiger partial charge in [-0.25, -0.2) is 9.59 Å². The average Bonchev–Trinajstić information content (AvgIpc) is 2.70. The highest BCUT2D eigenvalue weighted by Gasteiger charge is 2.11. The molecule has 1 heterocycles. The van der Waals surface area contributed by atoms with E-state index in [0.717, 1.165) is 10.9 Å². The highest BCUT2D eigenvalue weighted by Crippen LogP contribution is 2.22. The quantitative estimate of drug-likeness (QED) is 0.352. The zero-order valence-corrected chi connectivity index (χ0v) is 15.4. The van der Waals surface area contributed by atoms with Gasteiger partial charge in [0.2, 0.25) is 0 Å². The third kappa shape index (κ3) is 4.56. The van der Waals surface area contributed by atoms with Gasteiger partial charge in [0.05, 0.1) is 7.11 Å². The van der Waals surface area contributed by atoms with E-state index < -0.39 is 11.6 Å². The second-order valence-corrected chi connectivity index (χ2v) is 6.01. The first-order chi connectivity index (χ1) is 13.5. The summed E-state index contributed by atoms with van der Waals surface area (Å²) in [6.07, 6.45) is 0. The van der Waals surface area contributed by atoms with Gasteiger partial charge in [-0.1, -0.05) is 0 Å². The van der Waals surface area contributed by atoms with Gasteiger partial charge < -0.3 is 18.6 Å². The fourth-order valence-corrected chi connectivity index (χ4v) is 2.59. The molecule has 0 saturated heterocycles. The Morgan fingerprint density at radius 1 is 0.964 bits per heavy atom. The maximum Gasteiger partial charge on any atom is 0.344 e. The fourth-order valence-electron chi connectivity index (χ4n) is 2.59. The van der Waals surface area contributed by atoms with Gasteiger partial charge in [0.25, 0.3) is 0 Å². The van der Waals surface area contributed by atoms with E-state index in [1.54, 1.807) is 43.3 Å². The number of carbonyl (C=O) groups is 2. The van der Waals surface area contributed by atoms with Crippen LogP contribution in [0.2, 0.25) is 0 Å². The summed E-state index contributed by atoms with van der Waals surface area (Å²) < 4.78 is 20.5. The van der Waals surface area contributed by atoms with Crippen molar-refractivity contribution in [3.05, 3.63) is 70.1 Å². The molecule has 0 spiro atoms. The van der Waals surface area contributed by atoms with Crippen molar-refractivity contribution >= 4 is 22.7 Å². The number of carbonyl (C=O) groups excluding carboxylic acids is 2. The minimum atomic E-state index is -0.687. The summed E-state index contributed by atoms with van der Waals surface area (Å²) in [6.45, 7) is 1.04. The number of esters is 1. The lowest BCUT2D eigenvalue weighted by molar-refractivity contribution is -0.144. The van der Waals surface area contributed by atoms with Crippen molar-refractivity contribution in [2.24, 2.45) is 0 Å². The van der Waals surface area contributed by atoms with Gasteiger partial charge in [0.1, 0.15) is 17.1 Å². The molecule has 0 radical (unpaired) electrons. The Morgan fingerprint density at radius 2 is 1.68 bits per heavy atom. The van der Waals surface area contributed by atoms with Crippen LogP contribution in [-0.2, 0) is 9.53 Å². The molecule has 0 aliphatic rings. The van der Waals surface area contributed by atoms with Gasteiger partial charge in [-0.05, 0) is 48.9 Å². The van der Waals surface area contributed by atoms with Crippen molar-refractivity contribution in [3.63, 3.8) is 0 Å². The van der Waals surface area contributed by atoms with Gasteiger partial charge in [0.15, 0.2) is 19.0 Å². The molecule has 0 aliphatic carbocycles. The zero-order valence-electron chi connectivity index (χ0n) is 15.4. The summed E-state index contributed by atoms with van der Waals surface area (Å²) in [5, 5.41) is 0.777. The van der Waals surface area contributed by atoms with Crippen LogP contribution in [0.25, 0.3) is 11.0 Å². The molecule has 0 saturated carbocycles. The lowest BCUT2D eigenvalue weighted by atomic mass is 10.1. The van der Waals surface area contributed by atoms with Gasteiger partial charge in [-0.3, -0.25) is 4.79 Å². The highest BCUT2D eigenvalue weighted by molar-refractivity contribution is 5.98. The Bertz CT molecular complexity index is 1060. The molecule has 144 valence electrons. The molecule has 2 aromatic carbocycles. The molecule has 3 aromatic rings. The minimum Gasteiger partial charge on any atom is -0.497 e. The third-order valence-electron chi connectivity index (χ3n) is 4.06. The number of aryl methyl sites for hydroxylation is 1. The van der Waals surface area contributed by atoms with Crippen molar-refractivity contribution in [1.29, 1.82) is 0 Å². The van der Waals surface area contributed by atoms with Crippen molar-refractivity contribution in [3.8, 4) is 11.5 Å². The van der Waals surface area contributed by atoms with E-state index in [0.29, 0.717) is 22.6 Å². The van der Waals surface area contributed by atoms with E-state index in [4.69, 9.17) is 18.6 Å². The van der Waals surface area contributed by atoms with E-state index in [1.165, 1.54) is 19.2 Å². The zero-order chi connectivity index (χ0) is 20.1. The van der Waals surface area contributed by atoms with E-state index in [2.05, 4.69) is 0 Å². The van der Waals surface area contributed by atoms with Gasteiger partial charge in [-0.15, -0.1) is 0 Å². The van der Waals surface area contributed by atoms with Crippen LogP contribution in [0.4, 0.5) is 0 Å². The first-order valence-electron chi connectivity index (χ1n) is 8.46. The maximum absolute atomic E-state index is 12.0. The number of hydrogen-bond acceptors (Lipinski definition) is 7. The van der Waals surface area contributed by atoms with E-state index in [1.807, 2.05) is 0 Å². The smallest absolute Gasteiger partial charge is 0.344 e. The first-order valence-corrected chi connectivity index (χ1v) is 8.46. The summed E-state index contributed by atoms with van der Waals surface area (Å²) in [5.74, 6) is -0.0466. The number of methoxy groups -OCH3 is 1. The molecule has 7 nitrogen and oxygen atoms in total. The molecule has 0 amide bonds. The Kier molecular flexibility index (Phi) is 5.74. The number of ketones is 1. The molecule has 0 atom stereocenters. The number of hydrogen-bond donors (Lipinski definition) is 0. The molecule has 3 rings (SSSR count). The van der Waals surface area contributed by atoms with Gasteiger partial charge in [0, 0.05) is 23.1 Å². The molecule has 0 N–H and O–H groups in total. The number of benzene rings is 2. The van der Waals surface area contributed by atoms with E-state index >= 15 is 0 Å². The van der Waals surface area contributed by atoms with Gasteiger partial charge >= 0.3 is 11.6 Å². The van der Waals surface area contributed by atoms with E-state index in [-0.39, 0.29) is 19.0 Å². The summed E-state index contributed by atoms with van der Waals surface area (Å²) in [5.41, 5.74) is 1.10. The number of ether oxygens (including phenoxy) is 3. The summed E-state index contributed by atoms with van der Waals surface area (Å²) in [4.78, 5) is 35.3. The van der Waals surface area contributed by atoms with Crippen LogP contribution >= 0.6 is 0 Å². The fraction of sp³-hybridized carbons (Fsp3) is 0.190. The van der Waals surface area contributed by atoms with Crippen LogP contribution < -0.4 is 15.1 Å². The molecule has 0 aliphatic heterocycles. The second-order valence-electron chi connectivity index (χ2n) is 6.01. The molecule has 0 bridgehead atoms. The van der Waals surface area contributed by atoms with Crippen molar-refractivity contribution < 1.29 is 28.2 Å². The monoisotopic (exact) mass is 382 g/mol. The molecule has 28 heavy (non-hydrogen) atoms. The third-order valence-corrected chi connectivity index (χ3v) is 4.06. The van der Waals surface area contributed by atoms with Crippen LogP contribution in [0, 0.1) is 6.92 Å². The largest absolute Gasteiger partial charge is 0.497 e. The minimum absolute atomic E-state index is 0.334. The van der Waals surface area contributed by atoms with Crippen LogP contribution in [0.5, 0.6) is 11.5 Å². The van der Waals surface area contributed by atoms with Crippen molar-refractivity contribution in [2.75, 3.05) is 20.3 Å². The Morgan fingerprint density at radius 3 is 2.39 bits per heavy atom. The van der Waals surface area contributed by atoms with Crippen molar-refractivity contribution in [2.45, 2.75) is 6.92 Å². The van der Waals surface area contributed by atoms with Gasteiger partial charge in [-0.2, -0.15) is 0 Å². The molecule has 0 unspecified atom stereocenters. The number of fused-ring (bicyclic) bond motifs is 1. The normalized spacial score (nSPS) is 10.5. The standard InChI is InChI=1S/C21H18O7/c1-13-9-20(23)28-19-10-16(7-8-17(13)19)26-12-21(24)27-11-18(22)14-3-5-15(25-2)6-4-14/h3-10H,11-12H2,1-2H3. The number of rotatable bonds is 7. The van der Waals surface area contributed by atoms with Crippen LogP contribution in [0.1, 0.15) is 15.9 Å². The Hall–Kier alpha value is -3.61. The molecular formula is C21H18O7. The predicted octanol–water partition coefficient (Wildman–Crippen LogP) is 2.91. The molecule has 1 aromatic heterocycles. The average molecular weight is 382 g/mol. The lowest BCUT2D eigenvalue weighted by Gasteiger charge is -2.08. The maximum atomic E-state index is 12.0. The van der Waals surface area contributed by atoms with Crippen LogP contribution in [0.15, 0.2) is 57.7 Å². The summed E-state index contributed by atoms with van der Waals surface area (Å²) in [7, 11) is 1.53. The molecular weight excluding hydrogens is 364 g/mol. The highest BCUT2D eigenvalue weighted by atomic mass is 16.6. The van der Waals surface area contributed by atoms with Crippen molar-refractivity contribution in [1.82, 2.24) is 0 Å². The lowest BCUT2D eigenvalue weighted by Crippen LogP contribution is -2.19. The van der Waals surface area contributed by atoms with E-state index in [9.17, 15) is 14.4 Å². The summed E-state index contributed by atoms with van der Waals surface area (Å²) in [6, 6.07) is 12.8. The Labute approximate surface area is 160 Å². The number of Topliss-reactive ketones (excluding diaryl/α,β-unsaturated/α-hetero) is 1. The summed E-state index contributed by atoms with van der Waals surface area (Å²) >= 11 is 0. The molecule has 7 heteroatoms. The predicted molar refractivity (Wildman–Crippen MR) is 101 cm³/mol. The molecule has 0 fully saturated rings. The first kappa shape index (κ1) is 19.2. The SMILES string of the molecule is COc1ccc(C(=O)COC(=O)COc2ccc3c(C)cc(=O)oc3c2)cc1. The van der Waals surface area contributed by atoms with Crippen LogP contribution in [0.3, 0.4) is 0 Å². The Balaban J connectivity index is 1.54. The van der Waals surface area contributed by atoms with Crippen LogP contribution in [-0.4, -0.2) is 32.1 Å².